The van der Waals surface area contributed by atoms with Crippen molar-refractivity contribution in [2.45, 2.75) is 31.9 Å². The number of benzene rings is 1. The number of ether oxygens (including phenoxy) is 2. The van der Waals surface area contributed by atoms with Crippen LogP contribution in [0.2, 0.25) is 0 Å². The van der Waals surface area contributed by atoms with Crippen LogP contribution in [0.4, 0.5) is 0 Å². The second kappa shape index (κ2) is 6.92. The molecule has 0 aromatic heterocycles. The van der Waals surface area contributed by atoms with Crippen LogP contribution in [0.25, 0.3) is 0 Å². The number of carbonyl (C=O) groups is 2. The summed E-state index contributed by atoms with van der Waals surface area (Å²) in [7, 11) is 3.08. The van der Waals surface area contributed by atoms with Gasteiger partial charge in [0.25, 0.3) is 0 Å². The van der Waals surface area contributed by atoms with Crippen LogP contribution < -0.4 is 9.47 Å². The first-order chi connectivity index (χ1) is 12.0. The number of carbonyl (C=O) groups excluding carboxylic acids is 1. The molecule has 0 saturated heterocycles. The Bertz CT molecular complexity index is 688. The molecule has 3 rings (SSSR count). The number of carboxylic acid groups (broad SMARTS) is 1. The fraction of sp³-hybridized carbons (Fsp3) is 0.556. The molecule has 2 N–H and O–H groups in total. The lowest BCUT2D eigenvalue weighted by Crippen LogP contribution is -2.41. The van der Waals surface area contributed by atoms with Crippen LogP contribution in [0.5, 0.6) is 11.5 Å². The third-order valence-corrected chi connectivity index (χ3v) is 5.23. The number of rotatable bonds is 4. The molecule has 1 saturated carbocycles. The molecule has 0 radical (unpaired) electrons. The zero-order valence-corrected chi connectivity index (χ0v) is 14.4. The highest BCUT2D eigenvalue weighted by molar-refractivity contribution is 5.81. The van der Waals surface area contributed by atoms with Gasteiger partial charge in [0.05, 0.1) is 26.7 Å². The smallest absolute Gasteiger partial charge is 0.306 e. The first kappa shape index (κ1) is 17.5. The van der Waals surface area contributed by atoms with Crippen molar-refractivity contribution in [3.63, 3.8) is 0 Å². The van der Waals surface area contributed by atoms with Gasteiger partial charge in [0.2, 0.25) is 5.91 Å². The monoisotopic (exact) mass is 349 g/mol. The van der Waals surface area contributed by atoms with Gasteiger partial charge in [0.1, 0.15) is 17.6 Å². The Hall–Kier alpha value is -2.28. The summed E-state index contributed by atoms with van der Waals surface area (Å²) in [5, 5.41) is 19.7. The highest BCUT2D eigenvalue weighted by atomic mass is 16.5. The zero-order valence-electron chi connectivity index (χ0n) is 14.4. The van der Waals surface area contributed by atoms with Crippen LogP contribution >= 0.6 is 0 Å². The van der Waals surface area contributed by atoms with Crippen molar-refractivity contribution in [1.29, 1.82) is 0 Å². The van der Waals surface area contributed by atoms with Gasteiger partial charge in [0.15, 0.2) is 0 Å². The Balaban J connectivity index is 1.84. The van der Waals surface area contributed by atoms with E-state index in [4.69, 9.17) is 14.6 Å². The van der Waals surface area contributed by atoms with Crippen molar-refractivity contribution >= 4 is 11.9 Å². The second-order valence-corrected chi connectivity index (χ2v) is 6.64. The summed E-state index contributed by atoms with van der Waals surface area (Å²) in [6.07, 6.45) is 0.595. The molecule has 1 aromatic rings. The van der Waals surface area contributed by atoms with Gasteiger partial charge >= 0.3 is 5.97 Å². The number of fused-ring (bicyclic) bond motifs is 1. The molecule has 25 heavy (non-hydrogen) atoms. The van der Waals surface area contributed by atoms with Crippen LogP contribution in [-0.4, -0.2) is 47.8 Å². The molecule has 1 amide bonds. The number of aliphatic carboxylic acids is 1. The summed E-state index contributed by atoms with van der Waals surface area (Å²) in [5.41, 5.74) is 1.39. The molecule has 7 nitrogen and oxygen atoms in total. The van der Waals surface area contributed by atoms with Crippen LogP contribution in [0, 0.1) is 11.8 Å². The number of hydrogen-bond donors (Lipinski definition) is 2. The van der Waals surface area contributed by atoms with E-state index in [0.29, 0.717) is 42.9 Å². The van der Waals surface area contributed by atoms with Crippen LogP contribution in [0.1, 0.15) is 36.5 Å². The molecule has 1 heterocycles. The third kappa shape index (κ3) is 3.16. The van der Waals surface area contributed by atoms with Gasteiger partial charge in [-0.1, -0.05) is 0 Å². The maximum Gasteiger partial charge on any atom is 0.306 e. The molecule has 1 unspecified atom stereocenters. The average molecular weight is 349 g/mol. The lowest BCUT2D eigenvalue weighted by atomic mass is 9.93. The van der Waals surface area contributed by atoms with Crippen molar-refractivity contribution in [3.8, 4) is 11.5 Å². The van der Waals surface area contributed by atoms with E-state index in [9.17, 15) is 14.7 Å². The van der Waals surface area contributed by atoms with Crippen molar-refractivity contribution in [3.05, 3.63) is 23.3 Å². The minimum absolute atomic E-state index is 0.0988. The number of β-amino-alcohol motifs (C(OH)–C–C–N with tert-alkyl or cyclic N) is 1. The molecule has 3 atom stereocenters. The highest BCUT2D eigenvalue weighted by Gasteiger charge is 2.39. The molecule has 136 valence electrons. The molecular weight excluding hydrogens is 326 g/mol. The van der Waals surface area contributed by atoms with Crippen LogP contribution in [-0.2, 0) is 16.1 Å². The summed E-state index contributed by atoms with van der Waals surface area (Å²) in [6.45, 7) is 0.490. The normalized spacial score (nSPS) is 25.4. The number of amides is 1. The third-order valence-electron chi connectivity index (χ3n) is 5.23. The van der Waals surface area contributed by atoms with E-state index >= 15 is 0 Å². The quantitative estimate of drug-likeness (QED) is 0.857. The molecular formula is C18H23NO6. The van der Waals surface area contributed by atoms with Crippen molar-refractivity contribution in [1.82, 2.24) is 4.90 Å². The van der Waals surface area contributed by atoms with Gasteiger partial charge in [-0.25, -0.2) is 0 Å². The SMILES string of the molecule is COc1ccc(OC)c2c1CN(C(=O)[C@@H]1CC[C@H](C(=O)O)C1)CC2O. The molecule has 7 heteroatoms. The van der Waals surface area contributed by atoms with E-state index in [1.165, 1.54) is 7.11 Å². The minimum atomic E-state index is -0.866. The van der Waals surface area contributed by atoms with Crippen molar-refractivity contribution in [2.75, 3.05) is 20.8 Å². The summed E-state index contributed by atoms with van der Waals surface area (Å²) in [6, 6.07) is 3.50. The van der Waals surface area contributed by atoms with Gasteiger partial charge < -0.3 is 24.6 Å². The average Bonchev–Trinajstić information content (AvgIpc) is 3.10. The summed E-state index contributed by atoms with van der Waals surface area (Å²) in [4.78, 5) is 25.5. The number of methoxy groups -OCH3 is 2. The predicted octanol–water partition coefficient (Wildman–Crippen LogP) is 1.58. The standard InChI is InChI=1S/C18H23NO6/c1-24-14-5-6-15(25-2)16-12(14)8-19(9-13(16)20)17(21)10-3-4-11(7-10)18(22)23/h5-6,10-11,13,20H,3-4,7-9H2,1-2H3,(H,22,23)/t10-,11+,13?/m1/s1. The van der Waals surface area contributed by atoms with Gasteiger partial charge in [-0.15, -0.1) is 0 Å². The second-order valence-electron chi connectivity index (χ2n) is 6.64. The van der Waals surface area contributed by atoms with Gasteiger partial charge in [-0.2, -0.15) is 0 Å². The predicted molar refractivity (Wildman–Crippen MR) is 88.4 cm³/mol. The molecule has 1 aliphatic heterocycles. The van der Waals surface area contributed by atoms with Crippen LogP contribution in [0.3, 0.4) is 0 Å². The fourth-order valence-corrected chi connectivity index (χ4v) is 3.93. The highest BCUT2D eigenvalue weighted by Crippen LogP contribution is 2.41. The fourth-order valence-electron chi connectivity index (χ4n) is 3.93. The van der Waals surface area contributed by atoms with Gasteiger partial charge in [0, 0.05) is 23.6 Å². The number of carboxylic acids is 1. The Labute approximate surface area is 146 Å². The summed E-state index contributed by atoms with van der Waals surface area (Å²) < 4.78 is 10.7. The van der Waals surface area contributed by atoms with Crippen molar-refractivity contribution < 1.29 is 29.3 Å². The van der Waals surface area contributed by atoms with E-state index < -0.39 is 18.0 Å². The molecule has 1 aliphatic carbocycles. The maximum atomic E-state index is 12.8. The lowest BCUT2D eigenvalue weighted by Gasteiger charge is -2.35. The first-order valence-corrected chi connectivity index (χ1v) is 8.39. The first-order valence-electron chi connectivity index (χ1n) is 8.39. The number of aliphatic hydroxyl groups is 1. The Morgan fingerprint density at radius 1 is 1.12 bits per heavy atom. The van der Waals surface area contributed by atoms with Gasteiger partial charge in [-0.05, 0) is 31.4 Å². The summed E-state index contributed by atoms with van der Waals surface area (Å²) >= 11 is 0. The molecule has 0 bridgehead atoms. The zero-order chi connectivity index (χ0) is 18.1. The van der Waals surface area contributed by atoms with Gasteiger partial charge in [-0.3, -0.25) is 9.59 Å². The van der Waals surface area contributed by atoms with E-state index in [1.54, 1.807) is 24.1 Å². The van der Waals surface area contributed by atoms with Crippen LogP contribution in [0.15, 0.2) is 12.1 Å². The largest absolute Gasteiger partial charge is 0.496 e. The van der Waals surface area contributed by atoms with E-state index in [0.717, 1.165) is 5.56 Å². The Morgan fingerprint density at radius 2 is 1.76 bits per heavy atom. The van der Waals surface area contributed by atoms with E-state index in [-0.39, 0.29) is 18.4 Å². The number of hydrogen-bond acceptors (Lipinski definition) is 5. The number of aliphatic hydroxyl groups excluding tert-OH is 1. The summed E-state index contributed by atoms with van der Waals surface area (Å²) in [5.74, 6) is -0.523. The Morgan fingerprint density at radius 3 is 2.36 bits per heavy atom. The lowest BCUT2D eigenvalue weighted by molar-refractivity contribution is -0.142. The number of nitrogens with zero attached hydrogens (tertiary/aromatic N) is 1. The van der Waals surface area contributed by atoms with E-state index in [2.05, 4.69) is 0 Å². The van der Waals surface area contributed by atoms with Crippen molar-refractivity contribution in [2.24, 2.45) is 11.8 Å². The maximum absolute atomic E-state index is 12.8. The molecule has 2 aliphatic rings. The minimum Gasteiger partial charge on any atom is -0.496 e. The Kier molecular flexibility index (Phi) is 4.85. The topological polar surface area (TPSA) is 96.3 Å². The molecule has 1 aromatic carbocycles. The molecule has 0 spiro atoms. The van der Waals surface area contributed by atoms with E-state index in [1.807, 2.05) is 0 Å². The molecule has 1 fully saturated rings.